The Morgan fingerprint density at radius 1 is 1.32 bits per heavy atom. The first-order valence-corrected chi connectivity index (χ1v) is 6.50. The van der Waals surface area contributed by atoms with Crippen molar-refractivity contribution in [2.45, 2.75) is 13.5 Å². The summed E-state index contributed by atoms with van der Waals surface area (Å²) in [5.41, 5.74) is 1.72. The molecule has 0 atom stereocenters. The maximum Gasteiger partial charge on any atom is 0.271 e. The largest absolute Gasteiger partial charge is 0.342 e. The van der Waals surface area contributed by atoms with Gasteiger partial charge in [0.25, 0.3) is 5.91 Å². The van der Waals surface area contributed by atoms with Gasteiger partial charge in [-0.2, -0.15) is 10.1 Å². The predicted molar refractivity (Wildman–Crippen MR) is 74.4 cm³/mol. The molecule has 0 saturated heterocycles. The summed E-state index contributed by atoms with van der Waals surface area (Å²) in [7, 11) is 1.80. The van der Waals surface area contributed by atoms with Gasteiger partial charge in [-0.15, -0.1) is 0 Å². The number of nitrogens with zero attached hydrogens (tertiary/aromatic N) is 6. The van der Waals surface area contributed by atoms with E-state index in [1.165, 1.54) is 12.4 Å². The molecule has 1 amide bonds. The lowest BCUT2D eigenvalue weighted by Crippen LogP contribution is -2.24. The van der Waals surface area contributed by atoms with Crippen molar-refractivity contribution < 1.29 is 9.32 Å². The normalized spacial score (nSPS) is 10.6. The molecule has 1 N–H and O–H groups in total. The van der Waals surface area contributed by atoms with Gasteiger partial charge < -0.3 is 9.84 Å². The van der Waals surface area contributed by atoms with Gasteiger partial charge in [0.05, 0.1) is 30.2 Å². The zero-order chi connectivity index (χ0) is 15.5. The summed E-state index contributed by atoms with van der Waals surface area (Å²) in [6.07, 6.45) is 6.35. The third kappa shape index (κ3) is 2.97. The Labute approximate surface area is 125 Å². The lowest BCUT2D eigenvalue weighted by Gasteiger charge is -2.00. The third-order valence-electron chi connectivity index (χ3n) is 2.84. The van der Waals surface area contributed by atoms with Crippen molar-refractivity contribution in [3.63, 3.8) is 0 Å². The van der Waals surface area contributed by atoms with Crippen molar-refractivity contribution in [2.24, 2.45) is 7.05 Å². The summed E-state index contributed by atoms with van der Waals surface area (Å²) in [5.74, 6) is 0.369. The maximum absolute atomic E-state index is 11.9. The van der Waals surface area contributed by atoms with E-state index < -0.39 is 0 Å². The molecule has 0 bridgehead atoms. The van der Waals surface area contributed by atoms with Crippen molar-refractivity contribution in [2.75, 3.05) is 0 Å². The molecular weight excluding hydrogens is 286 g/mol. The second kappa shape index (κ2) is 5.72. The number of aromatic nitrogens is 6. The molecule has 0 fully saturated rings. The average Bonchev–Trinajstić information content (AvgIpc) is 3.14. The molecule has 112 valence electrons. The molecule has 22 heavy (non-hydrogen) atoms. The van der Waals surface area contributed by atoms with Crippen molar-refractivity contribution in [3.05, 3.63) is 42.1 Å². The number of hydrogen-bond donors (Lipinski definition) is 1. The standard InChI is InChI=1S/C13H13N7O2/c1-8-3-15-10(5-14-8)13(21)16-6-11-18-12(19-22-11)9-4-17-20(2)7-9/h3-5,7H,6H2,1-2H3,(H,16,21). The average molecular weight is 299 g/mol. The molecule has 0 unspecified atom stereocenters. The highest BCUT2D eigenvalue weighted by molar-refractivity contribution is 5.91. The van der Waals surface area contributed by atoms with Crippen LogP contribution in [0.3, 0.4) is 0 Å². The molecule has 3 rings (SSSR count). The zero-order valence-electron chi connectivity index (χ0n) is 12.0. The van der Waals surface area contributed by atoms with E-state index >= 15 is 0 Å². The van der Waals surface area contributed by atoms with Gasteiger partial charge in [0.15, 0.2) is 0 Å². The van der Waals surface area contributed by atoms with Crippen LogP contribution in [0.5, 0.6) is 0 Å². The number of amides is 1. The molecule has 3 aromatic heterocycles. The van der Waals surface area contributed by atoms with Gasteiger partial charge in [0.2, 0.25) is 11.7 Å². The quantitative estimate of drug-likeness (QED) is 0.746. The third-order valence-corrected chi connectivity index (χ3v) is 2.84. The van der Waals surface area contributed by atoms with Crippen LogP contribution in [-0.4, -0.2) is 35.8 Å². The Bertz CT molecular complexity index is 791. The lowest BCUT2D eigenvalue weighted by atomic mass is 10.3. The molecule has 0 aromatic carbocycles. The minimum Gasteiger partial charge on any atom is -0.342 e. The van der Waals surface area contributed by atoms with Gasteiger partial charge in [-0.3, -0.25) is 14.5 Å². The van der Waals surface area contributed by atoms with E-state index in [4.69, 9.17) is 4.52 Å². The molecular formula is C13H13N7O2. The first-order valence-electron chi connectivity index (χ1n) is 6.50. The summed E-state index contributed by atoms with van der Waals surface area (Å²) >= 11 is 0. The van der Waals surface area contributed by atoms with Gasteiger partial charge in [-0.1, -0.05) is 5.16 Å². The number of carbonyl (C=O) groups is 1. The highest BCUT2D eigenvalue weighted by Crippen LogP contribution is 2.13. The molecule has 3 heterocycles. The Balaban J connectivity index is 1.63. The number of carbonyl (C=O) groups excluding carboxylic acids is 1. The molecule has 3 aromatic rings. The lowest BCUT2D eigenvalue weighted by molar-refractivity contribution is 0.0941. The van der Waals surface area contributed by atoms with Crippen LogP contribution in [0.2, 0.25) is 0 Å². The van der Waals surface area contributed by atoms with E-state index in [0.29, 0.717) is 11.7 Å². The van der Waals surface area contributed by atoms with Crippen molar-refractivity contribution in [1.82, 2.24) is 35.2 Å². The fourth-order valence-corrected chi connectivity index (χ4v) is 1.74. The smallest absolute Gasteiger partial charge is 0.271 e. The summed E-state index contributed by atoms with van der Waals surface area (Å²) in [6, 6.07) is 0. The van der Waals surface area contributed by atoms with Gasteiger partial charge in [0.1, 0.15) is 5.69 Å². The SMILES string of the molecule is Cc1cnc(C(=O)NCc2nc(-c3cnn(C)c3)no2)cn1. The molecule has 0 aliphatic heterocycles. The molecule has 0 aliphatic rings. The van der Waals surface area contributed by atoms with Gasteiger partial charge in [-0.25, -0.2) is 4.98 Å². The maximum atomic E-state index is 11.9. The number of nitrogens with one attached hydrogen (secondary N) is 1. The minimum atomic E-state index is -0.353. The van der Waals surface area contributed by atoms with Crippen LogP contribution in [0.4, 0.5) is 0 Å². The van der Waals surface area contributed by atoms with E-state index in [1.807, 2.05) is 0 Å². The van der Waals surface area contributed by atoms with Crippen molar-refractivity contribution in [1.29, 1.82) is 0 Å². The second-order valence-corrected chi connectivity index (χ2v) is 4.64. The van der Waals surface area contributed by atoms with Crippen LogP contribution in [-0.2, 0) is 13.6 Å². The number of rotatable bonds is 4. The highest BCUT2D eigenvalue weighted by Gasteiger charge is 2.12. The first kappa shape index (κ1) is 13.9. The molecule has 0 saturated carbocycles. The first-order chi connectivity index (χ1) is 10.6. The van der Waals surface area contributed by atoms with E-state index in [9.17, 15) is 4.79 Å². The van der Waals surface area contributed by atoms with E-state index in [-0.39, 0.29) is 18.1 Å². The van der Waals surface area contributed by atoms with Crippen LogP contribution >= 0.6 is 0 Å². The molecule has 0 spiro atoms. The summed E-state index contributed by atoms with van der Waals surface area (Å²) in [5, 5.41) is 10.5. The summed E-state index contributed by atoms with van der Waals surface area (Å²) in [6.45, 7) is 1.91. The fourth-order valence-electron chi connectivity index (χ4n) is 1.74. The van der Waals surface area contributed by atoms with Crippen molar-refractivity contribution in [3.8, 4) is 11.4 Å². The van der Waals surface area contributed by atoms with Crippen LogP contribution < -0.4 is 5.32 Å². The second-order valence-electron chi connectivity index (χ2n) is 4.64. The topological polar surface area (TPSA) is 112 Å². The van der Waals surface area contributed by atoms with Gasteiger partial charge in [-0.05, 0) is 6.92 Å². The van der Waals surface area contributed by atoms with Gasteiger partial charge in [0, 0.05) is 19.4 Å². The molecule has 0 radical (unpaired) electrons. The monoisotopic (exact) mass is 299 g/mol. The van der Waals surface area contributed by atoms with Crippen LogP contribution in [0.1, 0.15) is 22.1 Å². The van der Waals surface area contributed by atoms with E-state index in [1.54, 1.807) is 31.0 Å². The molecule has 9 nitrogen and oxygen atoms in total. The minimum absolute atomic E-state index is 0.113. The Morgan fingerprint density at radius 3 is 2.86 bits per heavy atom. The number of aryl methyl sites for hydroxylation is 2. The Morgan fingerprint density at radius 2 is 2.18 bits per heavy atom. The van der Waals surface area contributed by atoms with Crippen LogP contribution in [0.25, 0.3) is 11.4 Å². The summed E-state index contributed by atoms with van der Waals surface area (Å²) in [4.78, 5) is 24.1. The number of hydrogen-bond acceptors (Lipinski definition) is 7. The van der Waals surface area contributed by atoms with E-state index in [2.05, 4.69) is 30.5 Å². The van der Waals surface area contributed by atoms with Crippen LogP contribution in [0, 0.1) is 6.92 Å². The van der Waals surface area contributed by atoms with Crippen molar-refractivity contribution >= 4 is 5.91 Å². The highest BCUT2D eigenvalue weighted by atomic mass is 16.5. The van der Waals surface area contributed by atoms with Crippen LogP contribution in [0.15, 0.2) is 29.3 Å². The van der Waals surface area contributed by atoms with E-state index in [0.717, 1.165) is 11.3 Å². The zero-order valence-corrected chi connectivity index (χ0v) is 12.0. The molecule has 9 heteroatoms. The fraction of sp³-hybridized carbons (Fsp3) is 0.231. The molecule has 0 aliphatic carbocycles. The Kier molecular flexibility index (Phi) is 3.60. The Hall–Kier alpha value is -3.10. The van der Waals surface area contributed by atoms with Gasteiger partial charge >= 0.3 is 0 Å². The summed E-state index contributed by atoms with van der Waals surface area (Å²) < 4.78 is 6.73. The predicted octanol–water partition coefficient (Wildman–Crippen LogP) is 0.499.